The number of hydrogen-bond donors (Lipinski definition) is 0. The molecule has 3 rings (SSSR count). The van der Waals surface area contributed by atoms with Crippen LogP contribution in [-0.4, -0.2) is 78.2 Å². The van der Waals surface area contributed by atoms with Gasteiger partial charge in [0.1, 0.15) is 6.04 Å². The van der Waals surface area contributed by atoms with Gasteiger partial charge in [0.15, 0.2) is 23.0 Å². The zero-order chi connectivity index (χ0) is 29.8. The van der Waals surface area contributed by atoms with Gasteiger partial charge in [-0.25, -0.2) is 4.79 Å². The molecule has 41 heavy (non-hydrogen) atoms. The summed E-state index contributed by atoms with van der Waals surface area (Å²) in [7, 11) is 8.77. The SMILES string of the molecule is C=CC(=O)OCCCCCOC(=O)CC[N@@+]1(C)CCc2cc(OC)c(OC)cc2C1Cc1ccc(OC)c(OC)c1. The summed E-state index contributed by atoms with van der Waals surface area (Å²) in [6, 6.07) is 10.2. The maximum atomic E-state index is 12.7. The van der Waals surface area contributed by atoms with E-state index >= 15 is 0 Å². The van der Waals surface area contributed by atoms with Gasteiger partial charge in [-0.3, -0.25) is 4.79 Å². The zero-order valence-corrected chi connectivity index (χ0v) is 25.0. The molecule has 2 atom stereocenters. The first-order valence-corrected chi connectivity index (χ1v) is 14.0. The third-order valence-corrected chi connectivity index (χ3v) is 7.82. The number of rotatable bonds is 16. The van der Waals surface area contributed by atoms with Crippen LogP contribution in [0.15, 0.2) is 43.0 Å². The summed E-state index contributed by atoms with van der Waals surface area (Å²) < 4.78 is 33.4. The minimum absolute atomic E-state index is 0.0720. The van der Waals surface area contributed by atoms with Crippen molar-refractivity contribution in [3.8, 4) is 23.0 Å². The van der Waals surface area contributed by atoms with E-state index in [1.165, 1.54) is 11.1 Å². The Hall–Kier alpha value is -3.72. The molecule has 9 heteroatoms. The summed E-state index contributed by atoms with van der Waals surface area (Å²) in [4.78, 5) is 23.8. The first kappa shape index (κ1) is 31.8. The number of ether oxygens (including phenoxy) is 6. The van der Waals surface area contributed by atoms with Gasteiger partial charge < -0.3 is 32.9 Å². The third kappa shape index (κ3) is 8.39. The lowest BCUT2D eigenvalue weighted by Gasteiger charge is -2.46. The number of carbonyl (C=O) groups excluding carboxylic acids is 2. The molecule has 0 fully saturated rings. The molecule has 0 saturated heterocycles. The van der Waals surface area contributed by atoms with Gasteiger partial charge in [0.2, 0.25) is 0 Å². The molecule has 0 radical (unpaired) electrons. The number of nitrogens with zero attached hydrogens (tertiary/aromatic N) is 1. The molecule has 1 heterocycles. The molecule has 2 aromatic carbocycles. The fraction of sp³-hybridized carbons (Fsp3) is 0.500. The van der Waals surface area contributed by atoms with E-state index in [1.807, 2.05) is 12.1 Å². The number of fused-ring (bicyclic) bond motifs is 1. The van der Waals surface area contributed by atoms with Crippen LogP contribution in [-0.2, 0) is 31.9 Å². The van der Waals surface area contributed by atoms with Crippen LogP contribution < -0.4 is 18.9 Å². The molecule has 224 valence electrons. The topological polar surface area (TPSA) is 89.5 Å². The van der Waals surface area contributed by atoms with Crippen LogP contribution in [0.4, 0.5) is 0 Å². The van der Waals surface area contributed by atoms with Crippen molar-refractivity contribution in [1.29, 1.82) is 0 Å². The predicted molar refractivity (Wildman–Crippen MR) is 156 cm³/mol. The minimum Gasteiger partial charge on any atom is -0.493 e. The monoisotopic (exact) mass is 570 g/mol. The van der Waals surface area contributed by atoms with E-state index in [1.54, 1.807) is 28.4 Å². The molecular formula is C32H44NO8+. The van der Waals surface area contributed by atoms with Crippen molar-refractivity contribution in [1.82, 2.24) is 0 Å². The molecule has 0 aliphatic carbocycles. The van der Waals surface area contributed by atoms with E-state index in [9.17, 15) is 9.59 Å². The highest BCUT2D eigenvalue weighted by molar-refractivity contribution is 5.81. The Morgan fingerprint density at radius 3 is 2.17 bits per heavy atom. The number of methoxy groups -OCH3 is 4. The fourth-order valence-corrected chi connectivity index (χ4v) is 5.38. The van der Waals surface area contributed by atoms with Crippen LogP contribution in [0, 0.1) is 0 Å². The standard InChI is InChI=1S/C32H44NO8/c1-7-31(34)40-17-9-8-10-18-41-32(35)14-16-33(2)15-13-24-21-29(38-5)30(39-6)22-25(24)26(33)19-23-11-12-27(36-3)28(20-23)37-4/h7,11-12,20-22,26H,1,8-10,13-19H2,2-6H3/q+1/t26?,33-/m1/s1. The van der Waals surface area contributed by atoms with Crippen molar-refractivity contribution < 1.29 is 42.5 Å². The van der Waals surface area contributed by atoms with Crippen LogP contribution >= 0.6 is 0 Å². The number of esters is 2. The lowest BCUT2D eigenvalue weighted by Crippen LogP contribution is -2.53. The summed E-state index contributed by atoms with van der Waals surface area (Å²) >= 11 is 0. The summed E-state index contributed by atoms with van der Waals surface area (Å²) in [5, 5.41) is 0. The zero-order valence-electron chi connectivity index (χ0n) is 25.0. The molecule has 9 nitrogen and oxygen atoms in total. The normalized spacial score (nSPS) is 17.6. The van der Waals surface area contributed by atoms with Gasteiger partial charge in [0, 0.05) is 24.5 Å². The lowest BCUT2D eigenvalue weighted by atomic mass is 9.86. The molecule has 1 aliphatic heterocycles. The summed E-state index contributed by atoms with van der Waals surface area (Å²) in [6.07, 6.45) is 5.32. The molecule has 0 N–H and O–H groups in total. The summed E-state index contributed by atoms with van der Waals surface area (Å²) in [5.41, 5.74) is 3.53. The van der Waals surface area contributed by atoms with E-state index < -0.39 is 5.97 Å². The average Bonchev–Trinajstić information content (AvgIpc) is 3.00. The Kier molecular flexibility index (Phi) is 11.9. The number of hydrogen-bond acceptors (Lipinski definition) is 8. The van der Waals surface area contributed by atoms with Gasteiger partial charge in [-0.05, 0) is 54.7 Å². The van der Waals surface area contributed by atoms with E-state index in [-0.39, 0.29) is 12.0 Å². The molecule has 2 aromatic rings. The Bertz CT molecular complexity index is 1200. The molecule has 1 aliphatic rings. The van der Waals surface area contributed by atoms with E-state index in [0.29, 0.717) is 47.9 Å². The van der Waals surface area contributed by atoms with Gasteiger partial charge in [0.25, 0.3) is 0 Å². The Balaban J connectivity index is 1.72. The van der Waals surface area contributed by atoms with Crippen molar-refractivity contribution in [2.24, 2.45) is 0 Å². The maximum Gasteiger partial charge on any atom is 0.330 e. The number of unbranched alkanes of at least 4 members (excludes halogenated alkanes) is 2. The van der Waals surface area contributed by atoms with Crippen LogP contribution in [0.25, 0.3) is 0 Å². The second kappa shape index (κ2) is 15.3. The third-order valence-electron chi connectivity index (χ3n) is 7.82. The molecule has 0 spiro atoms. The van der Waals surface area contributed by atoms with Gasteiger partial charge in [-0.2, -0.15) is 0 Å². The van der Waals surface area contributed by atoms with Gasteiger partial charge in [-0.15, -0.1) is 0 Å². The summed E-state index contributed by atoms with van der Waals surface area (Å²) in [6.45, 7) is 5.58. The van der Waals surface area contributed by atoms with Crippen molar-refractivity contribution in [2.45, 2.75) is 44.6 Å². The molecule has 1 unspecified atom stereocenters. The average molecular weight is 571 g/mol. The number of likely N-dealkylation sites (N-methyl/N-ethyl adjacent to an activating group) is 1. The van der Waals surface area contributed by atoms with E-state index in [0.717, 1.165) is 56.0 Å². The maximum absolute atomic E-state index is 12.7. The molecule has 0 bridgehead atoms. The van der Waals surface area contributed by atoms with Crippen LogP contribution in [0.2, 0.25) is 0 Å². The van der Waals surface area contributed by atoms with E-state index in [2.05, 4.69) is 31.8 Å². The highest BCUT2D eigenvalue weighted by Crippen LogP contribution is 2.43. The molecular weight excluding hydrogens is 526 g/mol. The molecule has 0 aromatic heterocycles. The van der Waals surface area contributed by atoms with Crippen LogP contribution in [0.5, 0.6) is 23.0 Å². The smallest absolute Gasteiger partial charge is 0.330 e. The molecule has 0 amide bonds. The minimum atomic E-state index is -0.421. The highest BCUT2D eigenvalue weighted by atomic mass is 16.5. The van der Waals surface area contributed by atoms with Crippen molar-refractivity contribution in [3.63, 3.8) is 0 Å². The number of quaternary nitrogens is 1. The first-order chi connectivity index (χ1) is 19.8. The summed E-state index contributed by atoms with van der Waals surface area (Å²) in [5.74, 6) is 2.15. The number of benzene rings is 2. The van der Waals surface area contributed by atoms with Gasteiger partial charge in [-0.1, -0.05) is 12.6 Å². The largest absolute Gasteiger partial charge is 0.493 e. The number of carbonyl (C=O) groups is 2. The highest BCUT2D eigenvalue weighted by Gasteiger charge is 2.40. The van der Waals surface area contributed by atoms with E-state index in [4.69, 9.17) is 28.4 Å². The Morgan fingerprint density at radius 1 is 0.878 bits per heavy atom. The lowest BCUT2D eigenvalue weighted by molar-refractivity contribution is -0.940. The quantitative estimate of drug-likeness (QED) is 0.123. The second-order valence-electron chi connectivity index (χ2n) is 10.4. The predicted octanol–water partition coefficient (Wildman–Crippen LogP) is 4.84. The van der Waals surface area contributed by atoms with Crippen molar-refractivity contribution in [2.75, 3.05) is 61.8 Å². The van der Waals surface area contributed by atoms with Gasteiger partial charge in [0.05, 0.1) is 68.2 Å². The van der Waals surface area contributed by atoms with Crippen LogP contribution in [0.3, 0.4) is 0 Å². The Labute approximate surface area is 243 Å². The van der Waals surface area contributed by atoms with Crippen molar-refractivity contribution >= 4 is 11.9 Å². The molecule has 0 saturated carbocycles. The van der Waals surface area contributed by atoms with Crippen molar-refractivity contribution in [3.05, 3.63) is 59.7 Å². The fourth-order valence-electron chi connectivity index (χ4n) is 5.38. The Morgan fingerprint density at radius 2 is 1.51 bits per heavy atom. The first-order valence-electron chi connectivity index (χ1n) is 14.0. The van der Waals surface area contributed by atoms with Gasteiger partial charge >= 0.3 is 11.9 Å². The second-order valence-corrected chi connectivity index (χ2v) is 10.4. The van der Waals surface area contributed by atoms with Crippen LogP contribution in [0.1, 0.15) is 48.4 Å².